The fourth-order valence-corrected chi connectivity index (χ4v) is 3.57. The number of hydrogen-bond acceptors (Lipinski definition) is 4. The number of rotatable bonds is 4. The largest absolute Gasteiger partial charge is 0.454 e. The summed E-state index contributed by atoms with van der Waals surface area (Å²) >= 11 is 3.41. The maximum Gasteiger partial charge on any atom is 0.239 e. The maximum atomic E-state index is 12.6. The lowest BCUT2D eigenvalue weighted by Crippen LogP contribution is -2.36. The van der Waals surface area contributed by atoms with Gasteiger partial charge in [-0.1, -0.05) is 28.1 Å². The maximum absolute atomic E-state index is 12.6. The smallest absolute Gasteiger partial charge is 0.239 e. The number of carbonyl (C=O) groups is 2. The molecule has 6 nitrogen and oxygen atoms in total. The van der Waals surface area contributed by atoms with Gasteiger partial charge in [0.2, 0.25) is 18.6 Å². The van der Waals surface area contributed by atoms with Crippen molar-refractivity contribution in [2.45, 2.75) is 13.0 Å². The third-order valence-electron chi connectivity index (χ3n) is 4.55. The van der Waals surface area contributed by atoms with Gasteiger partial charge in [-0.3, -0.25) is 9.59 Å². The molecule has 1 saturated heterocycles. The van der Waals surface area contributed by atoms with Gasteiger partial charge in [0.05, 0.1) is 0 Å². The molecule has 2 aliphatic rings. The van der Waals surface area contributed by atoms with Crippen LogP contribution in [0.2, 0.25) is 0 Å². The van der Waals surface area contributed by atoms with Crippen LogP contribution in [0.4, 0.5) is 5.69 Å². The minimum Gasteiger partial charge on any atom is -0.454 e. The van der Waals surface area contributed by atoms with Crippen LogP contribution >= 0.6 is 15.9 Å². The summed E-state index contributed by atoms with van der Waals surface area (Å²) in [6.07, 6.45) is 0.512. The number of fused-ring (bicyclic) bond motifs is 1. The lowest BCUT2D eigenvalue weighted by atomic mass is 10.1. The van der Waals surface area contributed by atoms with Crippen LogP contribution in [0.25, 0.3) is 0 Å². The van der Waals surface area contributed by atoms with E-state index in [9.17, 15) is 9.59 Å². The van der Waals surface area contributed by atoms with E-state index in [1.807, 2.05) is 42.5 Å². The van der Waals surface area contributed by atoms with Crippen LogP contribution in [-0.2, 0) is 16.1 Å². The van der Waals surface area contributed by atoms with Crippen molar-refractivity contribution in [3.63, 3.8) is 0 Å². The zero-order valence-electron chi connectivity index (χ0n) is 13.9. The molecule has 0 spiro atoms. The third-order valence-corrected chi connectivity index (χ3v) is 5.04. The van der Waals surface area contributed by atoms with Gasteiger partial charge in [0.1, 0.15) is 5.92 Å². The van der Waals surface area contributed by atoms with Gasteiger partial charge in [0, 0.05) is 23.2 Å². The first-order valence-corrected chi connectivity index (χ1v) is 9.14. The molecule has 7 heteroatoms. The van der Waals surface area contributed by atoms with Gasteiger partial charge >= 0.3 is 0 Å². The summed E-state index contributed by atoms with van der Waals surface area (Å²) in [6, 6.07) is 13.1. The first-order valence-electron chi connectivity index (χ1n) is 8.35. The topological polar surface area (TPSA) is 67.9 Å². The van der Waals surface area contributed by atoms with E-state index < -0.39 is 5.92 Å². The highest BCUT2D eigenvalue weighted by molar-refractivity contribution is 9.10. The Hall–Kier alpha value is -2.54. The lowest BCUT2D eigenvalue weighted by molar-refractivity contribution is -0.132. The van der Waals surface area contributed by atoms with E-state index in [4.69, 9.17) is 9.47 Å². The number of carbonyl (C=O) groups excluding carboxylic acids is 2. The van der Waals surface area contributed by atoms with Crippen molar-refractivity contribution < 1.29 is 19.1 Å². The number of hydrogen-bond donors (Lipinski definition) is 1. The normalized spacial score (nSPS) is 18.3. The minimum atomic E-state index is -0.650. The average molecular weight is 417 g/mol. The summed E-state index contributed by atoms with van der Waals surface area (Å²) in [6.45, 7) is 1.10. The summed E-state index contributed by atoms with van der Waals surface area (Å²) < 4.78 is 11.5. The van der Waals surface area contributed by atoms with Gasteiger partial charge in [-0.2, -0.15) is 0 Å². The summed E-state index contributed by atoms with van der Waals surface area (Å²) in [5.41, 5.74) is 1.70. The Morgan fingerprint density at radius 3 is 2.88 bits per heavy atom. The van der Waals surface area contributed by atoms with Crippen LogP contribution in [0.15, 0.2) is 46.9 Å². The number of anilines is 1. The molecule has 1 N–H and O–H groups in total. The number of nitrogens with zero attached hydrogens (tertiary/aromatic N) is 1. The van der Waals surface area contributed by atoms with E-state index in [0.717, 1.165) is 15.7 Å². The van der Waals surface area contributed by atoms with Crippen molar-refractivity contribution in [3.8, 4) is 11.5 Å². The van der Waals surface area contributed by atoms with Crippen molar-refractivity contribution in [2.75, 3.05) is 18.2 Å². The van der Waals surface area contributed by atoms with E-state index in [0.29, 0.717) is 31.0 Å². The van der Waals surface area contributed by atoms with Crippen molar-refractivity contribution in [1.29, 1.82) is 0 Å². The Balaban J connectivity index is 1.39. The molecule has 2 amide bonds. The number of benzene rings is 2. The zero-order valence-corrected chi connectivity index (χ0v) is 15.5. The second-order valence-corrected chi connectivity index (χ2v) is 7.13. The van der Waals surface area contributed by atoms with Crippen LogP contribution in [0.3, 0.4) is 0 Å². The first-order chi connectivity index (χ1) is 12.6. The van der Waals surface area contributed by atoms with Crippen LogP contribution < -0.4 is 19.7 Å². The van der Waals surface area contributed by atoms with Gasteiger partial charge < -0.3 is 19.7 Å². The minimum absolute atomic E-state index is 0.161. The van der Waals surface area contributed by atoms with Gasteiger partial charge in [-0.05, 0) is 42.3 Å². The fraction of sp³-hybridized carbons (Fsp3) is 0.263. The molecule has 134 valence electrons. The first kappa shape index (κ1) is 16.9. The number of ether oxygens (including phenoxy) is 2. The lowest BCUT2D eigenvalue weighted by Gasteiger charge is -2.17. The number of nitrogens with one attached hydrogen (secondary N) is 1. The van der Waals surface area contributed by atoms with Crippen molar-refractivity contribution in [2.24, 2.45) is 5.92 Å². The molecule has 2 aromatic rings. The van der Waals surface area contributed by atoms with Gasteiger partial charge in [0.25, 0.3) is 0 Å². The van der Waals surface area contributed by atoms with Crippen LogP contribution in [0.5, 0.6) is 11.5 Å². The van der Waals surface area contributed by atoms with Crippen LogP contribution in [-0.4, -0.2) is 25.2 Å². The second-order valence-electron chi connectivity index (χ2n) is 6.22. The zero-order chi connectivity index (χ0) is 18.1. The van der Waals surface area contributed by atoms with E-state index >= 15 is 0 Å². The second kappa shape index (κ2) is 6.99. The predicted molar refractivity (Wildman–Crippen MR) is 99.0 cm³/mol. The summed E-state index contributed by atoms with van der Waals surface area (Å²) in [4.78, 5) is 26.8. The fourth-order valence-electron chi connectivity index (χ4n) is 3.19. The Morgan fingerprint density at radius 1 is 1.19 bits per heavy atom. The average Bonchev–Trinajstić information content (AvgIpc) is 3.25. The number of halogens is 1. The Labute approximate surface area is 159 Å². The van der Waals surface area contributed by atoms with Gasteiger partial charge in [0.15, 0.2) is 11.5 Å². The van der Waals surface area contributed by atoms with Crippen molar-refractivity contribution in [1.82, 2.24) is 5.32 Å². The third kappa shape index (κ3) is 3.26. The molecule has 2 heterocycles. The highest BCUT2D eigenvalue weighted by Gasteiger charge is 2.37. The quantitative estimate of drug-likeness (QED) is 0.778. The summed E-state index contributed by atoms with van der Waals surface area (Å²) in [5.74, 6) is 0.324. The van der Waals surface area contributed by atoms with Crippen molar-refractivity contribution >= 4 is 33.4 Å². The molecular formula is C19H17BrN2O4. The highest BCUT2D eigenvalue weighted by atomic mass is 79.9. The summed E-state index contributed by atoms with van der Waals surface area (Å²) in [5, 5.41) is 2.85. The molecule has 0 bridgehead atoms. The molecule has 0 radical (unpaired) electrons. The highest BCUT2D eigenvalue weighted by Crippen LogP contribution is 2.32. The predicted octanol–water partition coefficient (Wildman–Crippen LogP) is 2.85. The molecule has 2 aliphatic heterocycles. The molecule has 0 aliphatic carbocycles. The molecule has 26 heavy (non-hydrogen) atoms. The molecule has 1 fully saturated rings. The van der Waals surface area contributed by atoms with E-state index in [-0.39, 0.29) is 18.6 Å². The Morgan fingerprint density at radius 2 is 2.04 bits per heavy atom. The molecule has 0 saturated carbocycles. The van der Waals surface area contributed by atoms with E-state index in [1.165, 1.54) is 0 Å². The van der Waals surface area contributed by atoms with Crippen molar-refractivity contribution in [3.05, 3.63) is 52.5 Å². The monoisotopic (exact) mass is 416 g/mol. The van der Waals surface area contributed by atoms with Gasteiger partial charge in [-0.15, -0.1) is 0 Å². The standard InChI is InChI=1S/C19H17BrN2O4/c20-13-2-1-3-14(9-13)22-7-6-15(19(22)24)18(23)21-10-12-4-5-16-17(8-12)26-11-25-16/h1-5,8-9,15H,6-7,10-11H2,(H,21,23). The molecule has 0 aromatic heterocycles. The van der Waals surface area contributed by atoms with Crippen LogP contribution in [0, 0.1) is 5.92 Å². The molecule has 1 atom stereocenters. The molecule has 1 unspecified atom stereocenters. The number of amides is 2. The van der Waals surface area contributed by atoms with Gasteiger partial charge in [-0.25, -0.2) is 0 Å². The molecule has 2 aromatic carbocycles. The Bertz CT molecular complexity index is 870. The van der Waals surface area contributed by atoms with E-state index in [1.54, 1.807) is 4.90 Å². The van der Waals surface area contributed by atoms with E-state index in [2.05, 4.69) is 21.2 Å². The van der Waals surface area contributed by atoms with Crippen LogP contribution in [0.1, 0.15) is 12.0 Å². The summed E-state index contributed by atoms with van der Waals surface area (Å²) in [7, 11) is 0. The Kier molecular flexibility index (Phi) is 4.55. The molecule has 4 rings (SSSR count). The SMILES string of the molecule is O=C(NCc1ccc2c(c1)OCO2)C1CCN(c2cccc(Br)c2)C1=O. The molecular weight excluding hydrogens is 400 g/mol.